The van der Waals surface area contributed by atoms with E-state index in [2.05, 4.69) is 19.1 Å². The van der Waals surface area contributed by atoms with E-state index in [4.69, 9.17) is 5.73 Å². The van der Waals surface area contributed by atoms with Crippen molar-refractivity contribution in [3.63, 3.8) is 0 Å². The first-order valence-electron chi connectivity index (χ1n) is 6.33. The monoisotopic (exact) mass is 261 g/mol. The fourth-order valence-electron chi connectivity index (χ4n) is 2.11. The Morgan fingerprint density at radius 3 is 2.47 bits per heavy atom. The van der Waals surface area contributed by atoms with Gasteiger partial charge >= 0.3 is 0 Å². The lowest BCUT2D eigenvalue weighted by Crippen LogP contribution is -2.12. The van der Waals surface area contributed by atoms with Crippen LogP contribution in [0.2, 0.25) is 0 Å². The summed E-state index contributed by atoms with van der Waals surface area (Å²) in [7, 11) is 0. The van der Waals surface area contributed by atoms with Crippen LogP contribution in [0.4, 0.5) is 8.78 Å². The van der Waals surface area contributed by atoms with Gasteiger partial charge in [0.1, 0.15) is 0 Å². The topological polar surface area (TPSA) is 26.0 Å². The average Bonchev–Trinajstić information content (AvgIpc) is 2.40. The third-order valence-electron chi connectivity index (χ3n) is 3.36. The summed E-state index contributed by atoms with van der Waals surface area (Å²) >= 11 is 0. The summed E-state index contributed by atoms with van der Waals surface area (Å²) < 4.78 is 26.0. The fraction of sp³-hybridized carbons (Fsp3) is 0.250. The van der Waals surface area contributed by atoms with Gasteiger partial charge < -0.3 is 5.73 Å². The molecule has 0 spiro atoms. The molecule has 2 rings (SSSR count). The van der Waals surface area contributed by atoms with Crippen LogP contribution in [0.1, 0.15) is 29.2 Å². The maximum Gasteiger partial charge on any atom is 0.159 e. The fourth-order valence-corrected chi connectivity index (χ4v) is 2.11. The summed E-state index contributed by atoms with van der Waals surface area (Å²) in [6.07, 6.45) is 1.53. The zero-order chi connectivity index (χ0) is 13.8. The van der Waals surface area contributed by atoms with E-state index in [1.54, 1.807) is 6.07 Å². The van der Waals surface area contributed by atoms with Crippen molar-refractivity contribution >= 4 is 0 Å². The molecule has 1 unspecified atom stereocenters. The molecule has 0 aliphatic carbocycles. The molecule has 1 nitrogen and oxygen atoms in total. The van der Waals surface area contributed by atoms with Gasteiger partial charge in [-0.1, -0.05) is 30.3 Å². The van der Waals surface area contributed by atoms with Crippen LogP contribution >= 0.6 is 0 Å². The minimum absolute atomic E-state index is 0.283. The molecule has 100 valence electrons. The lowest BCUT2D eigenvalue weighted by molar-refractivity contribution is 0.504. The van der Waals surface area contributed by atoms with Crippen molar-refractivity contribution in [3.05, 3.63) is 70.8 Å². The van der Waals surface area contributed by atoms with Crippen LogP contribution in [-0.2, 0) is 6.42 Å². The number of hydrogen-bond acceptors (Lipinski definition) is 1. The smallest absolute Gasteiger partial charge is 0.159 e. The number of benzene rings is 2. The Kier molecular flexibility index (Phi) is 4.27. The number of hydrogen-bond donors (Lipinski definition) is 1. The summed E-state index contributed by atoms with van der Waals surface area (Å²) in [5.41, 5.74) is 9.11. The second-order valence-electron chi connectivity index (χ2n) is 4.75. The van der Waals surface area contributed by atoms with E-state index in [1.807, 2.05) is 12.1 Å². The first-order chi connectivity index (χ1) is 9.08. The van der Waals surface area contributed by atoms with Gasteiger partial charge in [-0.2, -0.15) is 0 Å². The first-order valence-corrected chi connectivity index (χ1v) is 6.33. The maximum atomic E-state index is 13.1. The van der Waals surface area contributed by atoms with Gasteiger partial charge in [-0.15, -0.1) is 0 Å². The van der Waals surface area contributed by atoms with Crippen molar-refractivity contribution in [2.75, 3.05) is 0 Å². The van der Waals surface area contributed by atoms with Crippen molar-refractivity contribution in [2.45, 2.75) is 25.8 Å². The van der Waals surface area contributed by atoms with Gasteiger partial charge in [0, 0.05) is 6.04 Å². The molecular formula is C16H17F2N. The molecule has 2 aromatic rings. The van der Waals surface area contributed by atoms with Crippen LogP contribution < -0.4 is 5.73 Å². The van der Waals surface area contributed by atoms with Crippen molar-refractivity contribution < 1.29 is 8.78 Å². The van der Waals surface area contributed by atoms with Gasteiger partial charge in [0.2, 0.25) is 0 Å². The van der Waals surface area contributed by atoms with Gasteiger partial charge in [0.15, 0.2) is 11.6 Å². The quantitative estimate of drug-likeness (QED) is 0.887. The number of rotatable bonds is 4. The average molecular weight is 261 g/mol. The summed E-state index contributed by atoms with van der Waals surface area (Å²) in [4.78, 5) is 0. The Hall–Kier alpha value is -1.74. The molecule has 0 radical (unpaired) electrons. The molecule has 3 heteroatoms. The minimum atomic E-state index is -0.844. The molecule has 0 saturated carbocycles. The Bertz CT molecular complexity index is 566. The SMILES string of the molecule is Cc1ccccc1CCC(N)c1ccc(F)c(F)c1. The maximum absolute atomic E-state index is 13.1. The molecular weight excluding hydrogens is 244 g/mol. The molecule has 2 aromatic carbocycles. The van der Waals surface area contributed by atoms with Crippen LogP contribution in [0.5, 0.6) is 0 Å². The second kappa shape index (κ2) is 5.93. The Labute approximate surface area is 112 Å². The van der Waals surface area contributed by atoms with Gasteiger partial charge in [-0.05, 0) is 48.6 Å². The molecule has 0 heterocycles. The van der Waals surface area contributed by atoms with Crippen LogP contribution in [0.25, 0.3) is 0 Å². The number of aryl methyl sites for hydroxylation is 2. The molecule has 0 aliphatic heterocycles. The Morgan fingerprint density at radius 2 is 1.79 bits per heavy atom. The molecule has 0 fully saturated rings. The van der Waals surface area contributed by atoms with Gasteiger partial charge in [0.05, 0.1) is 0 Å². The molecule has 0 amide bonds. The first kappa shape index (κ1) is 13.7. The van der Waals surface area contributed by atoms with Crippen LogP contribution in [0.3, 0.4) is 0 Å². The van der Waals surface area contributed by atoms with E-state index in [-0.39, 0.29) is 6.04 Å². The van der Waals surface area contributed by atoms with E-state index in [9.17, 15) is 8.78 Å². The van der Waals surface area contributed by atoms with Gasteiger partial charge in [-0.3, -0.25) is 0 Å². The summed E-state index contributed by atoms with van der Waals surface area (Å²) in [6.45, 7) is 2.05. The highest BCUT2D eigenvalue weighted by atomic mass is 19.2. The van der Waals surface area contributed by atoms with E-state index >= 15 is 0 Å². The third-order valence-corrected chi connectivity index (χ3v) is 3.36. The molecule has 0 aliphatic rings. The van der Waals surface area contributed by atoms with Crippen molar-refractivity contribution in [1.82, 2.24) is 0 Å². The molecule has 0 aromatic heterocycles. The number of nitrogens with two attached hydrogens (primary N) is 1. The third kappa shape index (κ3) is 3.38. The second-order valence-corrected chi connectivity index (χ2v) is 4.75. The van der Waals surface area contributed by atoms with E-state index < -0.39 is 11.6 Å². The standard InChI is InChI=1S/C16H17F2N/c1-11-4-2-3-5-12(11)7-9-16(19)13-6-8-14(17)15(18)10-13/h2-6,8,10,16H,7,9,19H2,1H3. The van der Waals surface area contributed by atoms with E-state index in [0.29, 0.717) is 12.0 Å². The van der Waals surface area contributed by atoms with Gasteiger partial charge in [0.25, 0.3) is 0 Å². The van der Waals surface area contributed by atoms with Crippen molar-refractivity contribution in [1.29, 1.82) is 0 Å². The molecule has 19 heavy (non-hydrogen) atoms. The Morgan fingerprint density at radius 1 is 1.05 bits per heavy atom. The van der Waals surface area contributed by atoms with E-state index in [1.165, 1.54) is 17.2 Å². The highest BCUT2D eigenvalue weighted by molar-refractivity contribution is 5.26. The highest BCUT2D eigenvalue weighted by Gasteiger charge is 2.10. The summed E-state index contributed by atoms with van der Waals surface area (Å²) in [5.74, 6) is -1.68. The van der Waals surface area contributed by atoms with E-state index in [0.717, 1.165) is 12.5 Å². The number of halogens is 2. The predicted octanol–water partition coefficient (Wildman–Crippen LogP) is 3.91. The zero-order valence-electron chi connectivity index (χ0n) is 10.9. The van der Waals surface area contributed by atoms with Crippen LogP contribution in [0.15, 0.2) is 42.5 Å². The van der Waals surface area contributed by atoms with Crippen molar-refractivity contribution in [2.24, 2.45) is 5.73 Å². The Balaban J connectivity index is 2.03. The predicted molar refractivity (Wildman–Crippen MR) is 72.8 cm³/mol. The lowest BCUT2D eigenvalue weighted by Gasteiger charge is -2.13. The molecule has 1 atom stereocenters. The molecule has 2 N–H and O–H groups in total. The normalized spacial score (nSPS) is 12.4. The minimum Gasteiger partial charge on any atom is -0.324 e. The van der Waals surface area contributed by atoms with Gasteiger partial charge in [-0.25, -0.2) is 8.78 Å². The molecule has 0 saturated heterocycles. The van der Waals surface area contributed by atoms with Crippen molar-refractivity contribution in [3.8, 4) is 0 Å². The lowest BCUT2D eigenvalue weighted by atomic mass is 9.97. The largest absolute Gasteiger partial charge is 0.324 e. The highest BCUT2D eigenvalue weighted by Crippen LogP contribution is 2.20. The van der Waals surface area contributed by atoms with Crippen LogP contribution in [-0.4, -0.2) is 0 Å². The molecule has 0 bridgehead atoms. The zero-order valence-corrected chi connectivity index (χ0v) is 10.9. The summed E-state index contributed by atoms with van der Waals surface area (Å²) in [6, 6.07) is 11.7. The van der Waals surface area contributed by atoms with Crippen LogP contribution in [0, 0.1) is 18.6 Å². The summed E-state index contributed by atoms with van der Waals surface area (Å²) in [5, 5.41) is 0.